The second-order valence-electron chi connectivity index (χ2n) is 5.61. The number of rotatable bonds is 4. The zero-order valence-corrected chi connectivity index (χ0v) is 14.1. The van der Waals surface area contributed by atoms with E-state index >= 15 is 0 Å². The van der Waals surface area contributed by atoms with E-state index in [0.717, 1.165) is 12.5 Å². The van der Waals surface area contributed by atoms with Crippen molar-refractivity contribution in [3.63, 3.8) is 0 Å². The van der Waals surface area contributed by atoms with E-state index in [4.69, 9.17) is 16.3 Å². The van der Waals surface area contributed by atoms with Gasteiger partial charge in [-0.25, -0.2) is 0 Å². The van der Waals surface area contributed by atoms with Gasteiger partial charge >= 0.3 is 6.18 Å². The Labute approximate surface area is 151 Å². The number of carbonyl (C=O) groups excluding carboxylic acids is 1. The lowest BCUT2D eigenvalue weighted by molar-refractivity contribution is -0.137. The monoisotopic (exact) mass is 386 g/mol. The van der Waals surface area contributed by atoms with Crippen LogP contribution >= 0.6 is 11.6 Å². The van der Waals surface area contributed by atoms with Crippen LogP contribution in [0.25, 0.3) is 0 Å². The van der Waals surface area contributed by atoms with Gasteiger partial charge in [0.25, 0.3) is 5.91 Å². The summed E-state index contributed by atoms with van der Waals surface area (Å²) >= 11 is 5.64. The van der Waals surface area contributed by atoms with E-state index in [-0.39, 0.29) is 28.3 Å². The van der Waals surface area contributed by atoms with Crippen LogP contribution in [0, 0.1) is 0 Å². The molecule has 6 nitrogen and oxygen atoms in total. The molecule has 0 radical (unpaired) electrons. The van der Waals surface area contributed by atoms with Crippen LogP contribution in [0.5, 0.6) is 0 Å². The molecule has 1 aromatic heterocycles. The molecule has 0 aliphatic carbocycles. The Morgan fingerprint density at radius 2 is 1.92 bits per heavy atom. The fourth-order valence-corrected chi connectivity index (χ4v) is 2.63. The number of benzene rings is 1. The predicted molar refractivity (Wildman–Crippen MR) is 89.4 cm³/mol. The molecule has 2 aromatic rings. The molecule has 2 N–H and O–H groups in total. The number of halogens is 4. The van der Waals surface area contributed by atoms with Gasteiger partial charge in [0.1, 0.15) is 6.10 Å². The maximum atomic E-state index is 13.1. The molecule has 0 saturated carbocycles. The minimum absolute atomic E-state index is 0.0267. The molecular formula is C16H14ClF3N4O2. The smallest absolute Gasteiger partial charge is 0.368 e. The average Bonchev–Trinajstić information content (AvgIpc) is 3.12. The van der Waals surface area contributed by atoms with Gasteiger partial charge in [-0.05, 0) is 43.2 Å². The van der Waals surface area contributed by atoms with Gasteiger partial charge in [0, 0.05) is 11.6 Å². The summed E-state index contributed by atoms with van der Waals surface area (Å²) in [6.45, 7) is 0.537. The maximum absolute atomic E-state index is 13.1. The maximum Gasteiger partial charge on any atom is 0.418 e. The largest absolute Gasteiger partial charge is 0.418 e. The van der Waals surface area contributed by atoms with E-state index in [1.807, 2.05) is 0 Å². The number of hydrogen-bond donors (Lipinski definition) is 2. The van der Waals surface area contributed by atoms with Crippen LogP contribution in [0.4, 0.5) is 30.5 Å². The topological polar surface area (TPSA) is 76.1 Å². The highest BCUT2D eigenvalue weighted by Gasteiger charge is 2.34. The third-order valence-corrected chi connectivity index (χ3v) is 3.92. The standard InChI is InChI=1S/C16H14ClF3N4O2/c17-9-3-4-11(10(8-9)16(18,19)20)21-13-5-6-14(24-23-13)22-15(25)12-2-1-7-26-12/h3-6,8,12H,1-2,7H2,(H,21,23)(H,22,24,25). The number of ether oxygens (including phenoxy) is 1. The summed E-state index contributed by atoms with van der Waals surface area (Å²) in [4.78, 5) is 11.9. The minimum atomic E-state index is -4.57. The van der Waals surface area contributed by atoms with Crippen LogP contribution in [-0.2, 0) is 15.7 Å². The fraction of sp³-hybridized carbons (Fsp3) is 0.312. The first-order valence-corrected chi connectivity index (χ1v) is 8.11. The highest BCUT2D eigenvalue weighted by atomic mass is 35.5. The summed E-state index contributed by atoms with van der Waals surface area (Å²) < 4.78 is 44.5. The molecule has 1 aromatic carbocycles. The van der Waals surface area contributed by atoms with Crippen LogP contribution in [0.1, 0.15) is 18.4 Å². The third-order valence-electron chi connectivity index (χ3n) is 3.69. The van der Waals surface area contributed by atoms with Crippen molar-refractivity contribution < 1.29 is 22.7 Å². The molecule has 1 aliphatic rings. The molecule has 0 spiro atoms. The summed E-state index contributed by atoms with van der Waals surface area (Å²) in [6, 6.07) is 6.22. The molecule has 1 saturated heterocycles. The molecule has 26 heavy (non-hydrogen) atoms. The first-order valence-electron chi connectivity index (χ1n) is 7.73. The lowest BCUT2D eigenvalue weighted by atomic mass is 10.1. The van der Waals surface area contributed by atoms with Gasteiger partial charge in [0.05, 0.1) is 11.3 Å². The quantitative estimate of drug-likeness (QED) is 0.830. The van der Waals surface area contributed by atoms with Gasteiger partial charge in [-0.1, -0.05) is 11.6 Å². The molecule has 138 valence electrons. The normalized spacial score (nSPS) is 17.2. The molecule has 0 bridgehead atoms. The van der Waals surface area contributed by atoms with Crippen LogP contribution in [0.2, 0.25) is 5.02 Å². The fourth-order valence-electron chi connectivity index (χ4n) is 2.45. The number of amides is 1. The van der Waals surface area contributed by atoms with E-state index in [9.17, 15) is 18.0 Å². The SMILES string of the molecule is O=C(Nc1ccc(Nc2ccc(Cl)cc2C(F)(F)F)nn1)C1CCCO1. The summed E-state index contributed by atoms with van der Waals surface area (Å²) in [5, 5.41) is 12.7. The Balaban J connectivity index is 1.71. The number of alkyl halides is 3. The molecule has 1 atom stereocenters. The van der Waals surface area contributed by atoms with Crippen molar-refractivity contribution in [2.24, 2.45) is 0 Å². The van der Waals surface area contributed by atoms with E-state index in [0.29, 0.717) is 13.0 Å². The van der Waals surface area contributed by atoms with Crippen LogP contribution in [0.15, 0.2) is 30.3 Å². The molecule has 10 heteroatoms. The van der Waals surface area contributed by atoms with E-state index in [2.05, 4.69) is 20.8 Å². The van der Waals surface area contributed by atoms with Crippen molar-refractivity contribution in [2.45, 2.75) is 25.1 Å². The van der Waals surface area contributed by atoms with Gasteiger partial charge in [-0.2, -0.15) is 13.2 Å². The lowest BCUT2D eigenvalue weighted by Gasteiger charge is -2.14. The Morgan fingerprint density at radius 1 is 1.19 bits per heavy atom. The number of aromatic nitrogens is 2. The third kappa shape index (κ3) is 4.41. The first-order chi connectivity index (χ1) is 12.3. The Morgan fingerprint density at radius 3 is 2.54 bits per heavy atom. The van der Waals surface area contributed by atoms with Gasteiger partial charge in [0.2, 0.25) is 0 Å². The number of anilines is 3. The summed E-state index contributed by atoms with van der Waals surface area (Å²) in [6.07, 6.45) is -3.64. The lowest BCUT2D eigenvalue weighted by Crippen LogP contribution is -2.27. The highest BCUT2D eigenvalue weighted by molar-refractivity contribution is 6.30. The molecule has 3 rings (SSSR count). The molecule has 2 heterocycles. The number of carbonyl (C=O) groups is 1. The first kappa shape index (κ1) is 18.4. The number of hydrogen-bond acceptors (Lipinski definition) is 5. The van der Waals surface area contributed by atoms with Crippen molar-refractivity contribution in [2.75, 3.05) is 17.2 Å². The number of nitrogens with one attached hydrogen (secondary N) is 2. The average molecular weight is 387 g/mol. The Hall–Kier alpha value is -2.39. The highest BCUT2D eigenvalue weighted by Crippen LogP contribution is 2.37. The van der Waals surface area contributed by atoms with Crippen molar-refractivity contribution in [1.82, 2.24) is 10.2 Å². The molecular weight excluding hydrogens is 373 g/mol. The molecule has 1 amide bonds. The van der Waals surface area contributed by atoms with Crippen molar-refractivity contribution >= 4 is 34.8 Å². The summed E-state index contributed by atoms with van der Waals surface area (Å²) in [7, 11) is 0. The minimum Gasteiger partial charge on any atom is -0.368 e. The zero-order chi connectivity index (χ0) is 18.7. The predicted octanol–water partition coefficient (Wildman–Crippen LogP) is 4.01. The zero-order valence-electron chi connectivity index (χ0n) is 13.3. The molecule has 1 unspecified atom stereocenters. The molecule has 1 fully saturated rings. The van der Waals surface area contributed by atoms with Gasteiger partial charge in [-0.3, -0.25) is 4.79 Å². The Bertz CT molecular complexity index is 793. The summed E-state index contributed by atoms with van der Waals surface area (Å²) in [5.74, 6) is -0.0503. The molecule has 1 aliphatic heterocycles. The van der Waals surface area contributed by atoms with Crippen LogP contribution in [-0.4, -0.2) is 28.8 Å². The van der Waals surface area contributed by atoms with Crippen molar-refractivity contribution in [1.29, 1.82) is 0 Å². The van der Waals surface area contributed by atoms with Crippen LogP contribution in [0.3, 0.4) is 0 Å². The van der Waals surface area contributed by atoms with Gasteiger partial charge in [-0.15, -0.1) is 10.2 Å². The Kier molecular flexibility index (Phi) is 5.28. The second kappa shape index (κ2) is 7.46. The van der Waals surface area contributed by atoms with Crippen LogP contribution < -0.4 is 10.6 Å². The number of nitrogens with zero attached hydrogens (tertiary/aromatic N) is 2. The van der Waals surface area contributed by atoms with Gasteiger partial charge < -0.3 is 15.4 Å². The van der Waals surface area contributed by atoms with E-state index in [1.165, 1.54) is 24.3 Å². The van der Waals surface area contributed by atoms with Gasteiger partial charge in [0.15, 0.2) is 11.6 Å². The van der Waals surface area contributed by atoms with Crippen molar-refractivity contribution in [3.05, 3.63) is 40.9 Å². The summed E-state index contributed by atoms with van der Waals surface area (Å²) in [5.41, 5.74) is -1.12. The second-order valence-corrected chi connectivity index (χ2v) is 6.04. The van der Waals surface area contributed by atoms with E-state index in [1.54, 1.807) is 0 Å². The van der Waals surface area contributed by atoms with Crippen molar-refractivity contribution in [3.8, 4) is 0 Å². The van der Waals surface area contributed by atoms with E-state index < -0.39 is 17.8 Å².